The summed E-state index contributed by atoms with van der Waals surface area (Å²) in [6, 6.07) is 13.2. The van der Waals surface area contributed by atoms with Gasteiger partial charge in [-0.1, -0.05) is 29.8 Å². The van der Waals surface area contributed by atoms with Crippen molar-refractivity contribution in [2.75, 3.05) is 57.3 Å². The van der Waals surface area contributed by atoms with Crippen LogP contribution in [0, 0.1) is 18.8 Å². The van der Waals surface area contributed by atoms with Gasteiger partial charge in [-0.05, 0) is 126 Å². The number of carbonyl (C=O) groups excluding carboxylic acids is 2. The molecule has 11 heteroatoms. The average Bonchev–Trinajstić information content (AvgIpc) is 3.05. The van der Waals surface area contributed by atoms with Crippen molar-refractivity contribution in [1.82, 2.24) is 14.1 Å². The van der Waals surface area contributed by atoms with Crippen molar-refractivity contribution in [2.45, 2.75) is 82.6 Å². The number of aryl methyl sites for hydroxylation is 1. The fourth-order valence-electron chi connectivity index (χ4n) is 7.13. The largest absolute Gasteiger partial charge is 0.390 e. The molecule has 2 aromatic carbocycles. The average molecular weight is 687 g/mol. The summed E-state index contributed by atoms with van der Waals surface area (Å²) in [5.41, 5.74) is 2.18. The zero-order chi connectivity index (χ0) is 33.8. The van der Waals surface area contributed by atoms with Gasteiger partial charge < -0.3 is 19.8 Å². The molecule has 0 radical (unpaired) electrons. The monoisotopic (exact) mass is 686 g/mol. The van der Waals surface area contributed by atoms with E-state index in [1.54, 1.807) is 26.0 Å². The highest BCUT2D eigenvalue weighted by atomic mass is 35.5. The Kier molecular flexibility index (Phi) is 11.7. The molecular formula is C36H51ClN4O5S. The highest BCUT2D eigenvalue weighted by Crippen LogP contribution is 2.30. The first-order valence-corrected chi connectivity index (χ1v) is 19.0. The van der Waals surface area contributed by atoms with E-state index in [-0.39, 0.29) is 17.7 Å². The number of sulfonamides is 1. The number of rotatable bonds is 10. The topological polar surface area (TPSA) is 101 Å². The number of aliphatic hydroxyl groups is 1. The summed E-state index contributed by atoms with van der Waals surface area (Å²) in [6.45, 7) is 10.8. The van der Waals surface area contributed by atoms with Gasteiger partial charge in [-0.3, -0.25) is 9.59 Å². The van der Waals surface area contributed by atoms with E-state index < -0.39 is 15.6 Å². The molecule has 2 amide bonds. The maximum Gasteiger partial charge on any atom is 0.243 e. The van der Waals surface area contributed by atoms with Crippen LogP contribution in [0.3, 0.4) is 0 Å². The minimum atomic E-state index is -3.55. The summed E-state index contributed by atoms with van der Waals surface area (Å²) in [4.78, 5) is 32.1. The number of carbonyl (C=O) groups is 2. The van der Waals surface area contributed by atoms with Gasteiger partial charge in [-0.2, -0.15) is 4.31 Å². The lowest BCUT2D eigenvalue weighted by atomic mass is 9.90. The van der Waals surface area contributed by atoms with E-state index >= 15 is 0 Å². The van der Waals surface area contributed by atoms with E-state index in [0.29, 0.717) is 74.2 Å². The fourth-order valence-corrected chi connectivity index (χ4v) is 8.75. The van der Waals surface area contributed by atoms with Crippen LogP contribution < -0.4 is 4.90 Å². The molecule has 0 saturated carbocycles. The number of hydrogen-bond acceptors (Lipinski definition) is 6. The number of piperidine rings is 3. The molecule has 0 unspecified atom stereocenters. The molecule has 0 atom stereocenters. The van der Waals surface area contributed by atoms with Crippen molar-refractivity contribution in [3.63, 3.8) is 0 Å². The SMILES string of the molecule is CC(=O)N1CCC(C(=O)N(CCCN2CCC(Cc3ccc(S(=O)(=O)N4CCC(C)(O)CC4)cc3)CC2)c2ccc(C)c(Cl)c2)CC1. The summed E-state index contributed by atoms with van der Waals surface area (Å²) in [6.07, 6.45) is 6.22. The molecule has 1 N–H and O–H groups in total. The van der Waals surface area contributed by atoms with E-state index in [1.807, 2.05) is 47.1 Å². The van der Waals surface area contributed by atoms with Crippen molar-refractivity contribution in [3.05, 3.63) is 58.6 Å². The second-order valence-corrected chi connectivity index (χ2v) is 16.4. The molecule has 3 aliphatic heterocycles. The molecule has 0 spiro atoms. The Morgan fingerprint density at radius 3 is 2.19 bits per heavy atom. The predicted octanol–water partition coefficient (Wildman–Crippen LogP) is 5.12. The molecule has 2 aromatic rings. The molecule has 3 aliphatic rings. The molecule has 0 aliphatic carbocycles. The minimum absolute atomic E-state index is 0.0656. The Balaban J connectivity index is 1.10. The Labute approximate surface area is 285 Å². The first kappa shape index (κ1) is 35.8. The smallest absolute Gasteiger partial charge is 0.243 e. The van der Waals surface area contributed by atoms with Gasteiger partial charge in [0.1, 0.15) is 0 Å². The Bertz CT molecular complexity index is 1490. The quantitative estimate of drug-likeness (QED) is 0.373. The normalized spacial score (nSPS) is 20.3. The second kappa shape index (κ2) is 15.4. The lowest BCUT2D eigenvalue weighted by Gasteiger charge is -2.35. The third-order valence-corrected chi connectivity index (χ3v) is 12.8. The fraction of sp³-hybridized carbons (Fsp3) is 0.611. The number of nitrogens with zero attached hydrogens (tertiary/aromatic N) is 4. The number of hydrogen-bond donors (Lipinski definition) is 1. The van der Waals surface area contributed by atoms with Crippen molar-refractivity contribution >= 4 is 39.1 Å². The molecule has 258 valence electrons. The van der Waals surface area contributed by atoms with E-state index in [4.69, 9.17) is 11.6 Å². The van der Waals surface area contributed by atoms with Gasteiger partial charge in [-0.15, -0.1) is 0 Å². The zero-order valence-electron chi connectivity index (χ0n) is 28.2. The standard InChI is InChI=1S/C36H51ClN4O5S/c1-27-5-8-32(26-34(27)37)41(35(43)31-13-21-39(22-14-31)28(2)42)18-4-17-38-19-11-30(12-20-38)25-29-6-9-33(10-7-29)47(45,46)40-23-15-36(3,44)16-24-40/h5-10,26,30-31,44H,4,11-25H2,1-3H3. The molecule has 3 heterocycles. The van der Waals surface area contributed by atoms with Gasteiger partial charge in [0.25, 0.3) is 0 Å². The molecule has 5 rings (SSSR count). The third-order valence-electron chi connectivity index (χ3n) is 10.5. The van der Waals surface area contributed by atoms with Crippen molar-refractivity contribution in [1.29, 1.82) is 0 Å². The van der Waals surface area contributed by atoms with E-state index in [9.17, 15) is 23.1 Å². The van der Waals surface area contributed by atoms with Crippen molar-refractivity contribution in [2.24, 2.45) is 11.8 Å². The van der Waals surface area contributed by atoms with Crippen LogP contribution in [0.1, 0.15) is 69.9 Å². The zero-order valence-corrected chi connectivity index (χ0v) is 29.7. The van der Waals surface area contributed by atoms with Crippen LogP contribution in [0.25, 0.3) is 0 Å². The van der Waals surface area contributed by atoms with Crippen LogP contribution in [0.5, 0.6) is 0 Å². The van der Waals surface area contributed by atoms with Crippen LogP contribution in [0.2, 0.25) is 5.02 Å². The van der Waals surface area contributed by atoms with Crippen LogP contribution in [-0.4, -0.2) is 97.4 Å². The van der Waals surface area contributed by atoms with Crippen LogP contribution in [0.4, 0.5) is 5.69 Å². The first-order chi connectivity index (χ1) is 22.3. The van der Waals surface area contributed by atoms with Gasteiger partial charge in [0.2, 0.25) is 21.8 Å². The lowest BCUT2D eigenvalue weighted by molar-refractivity contribution is -0.133. The maximum atomic E-state index is 13.8. The molecule has 3 fully saturated rings. The maximum absolute atomic E-state index is 13.8. The molecule has 0 bridgehead atoms. The molecule has 3 saturated heterocycles. The number of benzene rings is 2. The molecule has 0 aromatic heterocycles. The Hall–Kier alpha value is -2.50. The highest BCUT2D eigenvalue weighted by molar-refractivity contribution is 7.89. The van der Waals surface area contributed by atoms with Crippen molar-refractivity contribution < 1.29 is 23.1 Å². The number of halogens is 1. The van der Waals surface area contributed by atoms with Crippen LogP contribution >= 0.6 is 11.6 Å². The Morgan fingerprint density at radius 1 is 0.957 bits per heavy atom. The summed E-state index contributed by atoms with van der Waals surface area (Å²) in [5.74, 6) is 0.634. The van der Waals surface area contributed by atoms with Gasteiger partial charge in [0.15, 0.2) is 0 Å². The molecule has 47 heavy (non-hydrogen) atoms. The third kappa shape index (κ3) is 9.15. The van der Waals surface area contributed by atoms with Gasteiger partial charge in [-0.25, -0.2) is 8.42 Å². The van der Waals surface area contributed by atoms with E-state index in [1.165, 1.54) is 4.31 Å². The lowest BCUT2D eigenvalue weighted by Crippen LogP contribution is -2.45. The van der Waals surface area contributed by atoms with Gasteiger partial charge in [0, 0.05) is 56.3 Å². The van der Waals surface area contributed by atoms with E-state index in [0.717, 1.165) is 62.1 Å². The number of amides is 2. The molecule has 9 nitrogen and oxygen atoms in total. The second-order valence-electron chi connectivity index (χ2n) is 14.1. The first-order valence-electron chi connectivity index (χ1n) is 17.2. The van der Waals surface area contributed by atoms with Crippen LogP contribution in [-0.2, 0) is 26.0 Å². The highest BCUT2D eigenvalue weighted by Gasteiger charge is 2.34. The van der Waals surface area contributed by atoms with Gasteiger partial charge >= 0.3 is 0 Å². The summed E-state index contributed by atoms with van der Waals surface area (Å²) < 4.78 is 27.7. The molecular weight excluding hydrogens is 636 g/mol. The number of anilines is 1. The van der Waals surface area contributed by atoms with Crippen molar-refractivity contribution in [3.8, 4) is 0 Å². The van der Waals surface area contributed by atoms with Crippen LogP contribution in [0.15, 0.2) is 47.4 Å². The summed E-state index contributed by atoms with van der Waals surface area (Å²) in [7, 11) is -3.55. The minimum Gasteiger partial charge on any atom is -0.390 e. The number of likely N-dealkylation sites (tertiary alicyclic amines) is 2. The van der Waals surface area contributed by atoms with E-state index in [2.05, 4.69) is 4.90 Å². The summed E-state index contributed by atoms with van der Waals surface area (Å²) in [5, 5.41) is 10.8. The Morgan fingerprint density at radius 2 is 1.60 bits per heavy atom. The van der Waals surface area contributed by atoms with Gasteiger partial charge in [0.05, 0.1) is 10.5 Å². The summed E-state index contributed by atoms with van der Waals surface area (Å²) >= 11 is 6.47. The predicted molar refractivity (Wildman–Crippen MR) is 186 cm³/mol.